The first-order valence-electron chi connectivity index (χ1n) is 10.9. The van der Waals surface area contributed by atoms with Gasteiger partial charge >= 0.3 is 0 Å². The van der Waals surface area contributed by atoms with Gasteiger partial charge in [0.15, 0.2) is 11.5 Å². The van der Waals surface area contributed by atoms with Gasteiger partial charge in [0.05, 0.1) is 12.0 Å². The normalized spacial score (nSPS) is 16.3. The van der Waals surface area contributed by atoms with Gasteiger partial charge in [0.1, 0.15) is 6.23 Å². The maximum Gasteiger partial charge on any atom is 0.275 e. The molecule has 0 spiro atoms. The van der Waals surface area contributed by atoms with Gasteiger partial charge in [-0.05, 0) is 63.0 Å². The van der Waals surface area contributed by atoms with Crippen molar-refractivity contribution in [1.29, 1.82) is 0 Å². The highest BCUT2D eigenvalue weighted by Crippen LogP contribution is 2.36. The number of carbonyl (C=O) groups is 1. The van der Waals surface area contributed by atoms with Crippen LogP contribution in [0.3, 0.4) is 0 Å². The summed E-state index contributed by atoms with van der Waals surface area (Å²) in [6.45, 7) is 11.7. The zero-order valence-electron chi connectivity index (χ0n) is 19.2. The summed E-state index contributed by atoms with van der Waals surface area (Å²) in [7, 11) is 3.75. The molecule has 1 aliphatic rings. The molecule has 1 aromatic carbocycles. The van der Waals surface area contributed by atoms with E-state index in [9.17, 15) is 4.79 Å². The quantitative estimate of drug-likeness (QED) is 0.596. The summed E-state index contributed by atoms with van der Waals surface area (Å²) >= 11 is 1.48. The molecule has 0 aliphatic carbocycles. The fourth-order valence-electron chi connectivity index (χ4n) is 3.65. The highest BCUT2D eigenvalue weighted by Gasteiger charge is 2.19. The number of nitrogens with zero attached hydrogens (tertiary/aromatic N) is 3. The molecule has 31 heavy (non-hydrogen) atoms. The van der Waals surface area contributed by atoms with Gasteiger partial charge in [-0.3, -0.25) is 15.1 Å². The van der Waals surface area contributed by atoms with Crippen molar-refractivity contribution in [2.45, 2.75) is 27.0 Å². The molecule has 1 N–H and O–H groups in total. The molecule has 7 nitrogen and oxygen atoms in total. The van der Waals surface area contributed by atoms with Crippen LogP contribution in [-0.2, 0) is 0 Å². The minimum absolute atomic E-state index is 0.0404. The average Bonchev–Trinajstić information content (AvgIpc) is 3.27. The Balaban J connectivity index is 1.69. The number of hydrogen-bond acceptors (Lipinski definition) is 7. The van der Waals surface area contributed by atoms with E-state index >= 15 is 0 Å². The van der Waals surface area contributed by atoms with Crippen LogP contribution < -0.4 is 14.9 Å². The van der Waals surface area contributed by atoms with Crippen molar-refractivity contribution in [2.75, 3.05) is 53.4 Å². The van der Waals surface area contributed by atoms with E-state index < -0.39 is 0 Å². The van der Waals surface area contributed by atoms with Gasteiger partial charge in [0.25, 0.3) is 5.91 Å². The van der Waals surface area contributed by atoms with E-state index in [1.807, 2.05) is 42.3 Å². The van der Waals surface area contributed by atoms with E-state index in [0.29, 0.717) is 10.6 Å². The Morgan fingerprint density at radius 1 is 1.13 bits per heavy atom. The van der Waals surface area contributed by atoms with Crippen molar-refractivity contribution in [3.05, 3.63) is 35.2 Å². The summed E-state index contributed by atoms with van der Waals surface area (Å²) < 4.78 is 11.7. The second-order valence-corrected chi connectivity index (χ2v) is 8.78. The molecule has 3 rings (SSSR count). The molecule has 2 aromatic rings. The Morgan fingerprint density at radius 3 is 2.48 bits per heavy atom. The Kier molecular flexibility index (Phi) is 8.31. The second kappa shape index (κ2) is 10.9. The first-order valence-corrected chi connectivity index (χ1v) is 11.7. The Labute approximate surface area is 189 Å². The van der Waals surface area contributed by atoms with Gasteiger partial charge < -0.3 is 14.4 Å². The highest BCUT2D eigenvalue weighted by atomic mass is 32.1. The Bertz CT molecular complexity index is 860. The fourth-order valence-corrected chi connectivity index (χ4v) is 4.54. The van der Waals surface area contributed by atoms with Gasteiger partial charge in [-0.25, -0.2) is 5.01 Å². The van der Waals surface area contributed by atoms with Crippen molar-refractivity contribution >= 4 is 17.2 Å². The number of amides is 1. The van der Waals surface area contributed by atoms with E-state index in [4.69, 9.17) is 9.47 Å². The van der Waals surface area contributed by atoms with E-state index in [-0.39, 0.29) is 12.1 Å². The smallest absolute Gasteiger partial charge is 0.275 e. The molecular weight excluding hydrogens is 412 g/mol. The predicted molar refractivity (Wildman–Crippen MR) is 126 cm³/mol. The van der Waals surface area contributed by atoms with Crippen LogP contribution in [0.1, 0.15) is 30.4 Å². The van der Waals surface area contributed by atoms with Crippen molar-refractivity contribution in [1.82, 2.24) is 20.2 Å². The molecule has 0 bridgehead atoms. The number of thiophene rings is 1. The predicted octanol–water partition coefficient (Wildman–Crippen LogP) is 3.38. The zero-order chi connectivity index (χ0) is 22.4. The SMILES string of the molecule is CCN(CC)C(C)Oc1ccc(-c2ccc(C(=O)NN3CCN(C)CC3)s2)cc1OC. The molecule has 1 aromatic heterocycles. The maximum atomic E-state index is 12.7. The van der Waals surface area contributed by atoms with Gasteiger partial charge in [0.2, 0.25) is 0 Å². The molecule has 1 aliphatic heterocycles. The third kappa shape index (κ3) is 5.98. The summed E-state index contributed by atoms with van der Waals surface area (Å²) in [6, 6.07) is 9.79. The van der Waals surface area contributed by atoms with Crippen LogP contribution >= 0.6 is 11.3 Å². The average molecular weight is 447 g/mol. The number of benzene rings is 1. The summed E-state index contributed by atoms with van der Waals surface area (Å²) in [4.78, 5) is 18.9. The molecule has 1 fully saturated rings. The summed E-state index contributed by atoms with van der Waals surface area (Å²) in [6.07, 6.45) is -0.0404. The van der Waals surface area contributed by atoms with E-state index in [0.717, 1.165) is 55.5 Å². The lowest BCUT2D eigenvalue weighted by molar-refractivity contribution is 0.0458. The number of ether oxygens (including phenoxy) is 2. The minimum atomic E-state index is -0.0548. The Hall–Kier alpha value is -2.13. The first-order chi connectivity index (χ1) is 14.9. The summed E-state index contributed by atoms with van der Waals surface area (Å²) in [5, 5.41) is 1.99. The molecule has 1 amide bonds. The van der Waals surface area contributed by atoms with Crippen molar-refractivity contribution < 1.29 is 14.3 Å². The number of carbonyl (C=O) groups excluding carboxylic acids is 1. The van der Waals surface area contributed by atoms with Crippen molar-refractivity contribution in [3.8, 4) is 21.9 Å². The summed E-state index contributed by atoms with van der Waals surface area (Å²) in [5.74, 6) is 1.35. The van der Waals surface area contributed by atoms with Crippen LogP contribution in [0.5, 0.6) is 11.5 Å². The van der Waals surface area contributed by atoms with Gasteiger partial charge in [0, 0.05) is 31.1 Å². The van der Waals surface area contributed by atoms with Crippen LogP contribution in [0.2, 0.25) is 0 Å². The zero-order valence-corrected chi connectivity index (χ0v) is 20.0. The highest BCUT2D eigenvalue weighted by molar-refractivity contribution is 7.17. The third-order valence-corrected chi connectivity index (χ3v) is 6.80. The molecule has 0 radical (unpaired) electrons. The fraction of sp³-hybridized carbons (Fsp3) is 0.522. The molecule has 8 heteroatoms. The number of likely N-dealkylation sites (N-methyl/N-ethyl adjacent to an activating group) is 1. The van der Waals surface area contributed by atoms with Gasteiger partial charge in [-0.2, -0.15) is 0 Å². The molecular formula is C23H34N4O3S. The lowest BCUT2D eigenvalue weighted by Crippen LogP contribution is -2.52. The standard InChI is InChI=1S/C23H34N4O3S/c1-6-26(7-2)17(3)30-19-9-8-18(16-20(19)29-5)21-10-11-22(31-21)23(28)24-27-14-12-25(4)13-15-27/h8-11,16-17H,6-7,12-15H2,1-5H3,(H,24,28). The molecule has 0 saturated carbocycles. The van der Waals surface area contributed by atoms with E-state index in [1.165, 1.54) is 11.3 Å². The maximum absolute atomic E-state index is 12.7. The van der Waals surface area contributed by atoms with Crippen LogP contribution in [0.4, 0.5) is 0 Å². The number of hydrogen-bond donors (Lipinski definition) is 1. The first kappa shape index (κ1) is 23.5. The van der Waals surface area contributed by atoms with E-state index in [2.05, 4.69) is 36.1 Å². The van der Waals surface area contributed by atoms with Crippen molar-refractivity contribution in [2.24, 2.45) is 0 Å². The number of nitrogens with one attached hydrogen (secondary N) is 1. The van der Waals surface area contributed by atoms with Crippen LogP contribution in [0.25, 0.3) is 10.4 Å². The number of piperazine rings is 1. The van der Waals surface area contributed by atoms with E-state index in [1.54, 1.807) is 7.11 Å². The molecule has 1 unspecified atom stereocenters. The molecule has 1 saturated heterocycles. The second-order valence-electron chi connectivity index (χ2n) is 7.70. The number of rotatable bonds is 9. The summed E-state index contributed by atoms with van der Waals surface area (Å²) in [5.41, 5.74) is 4.03. The lowest BCUT2D eigenvalue weighted by atomic mass is 10.1. The lowest BCUT2D eigenvalue weighted by Gasteiger charge is -2.32. The van der Waals surface area contributed by atoms with Gasteiger partial charge in [-0.1, -0.05) is 13.8 Å². The third-order valence-electron chi connectivity index (χ3n) is 5.66. The largest absolute Gasteiger partial charge is 0.493 e. The van der Waals surface area contributed by atoms with Crippen molar-refractivity contribution in [3.63, 3.8) is 0 Å². The molecule has 1 atom stereocenters. The molecule has 170 valence electrons. The number of hydrazine groups is 1. The topological polar surface area (TPSA) is 57.3 Å². The number of methoxy groups -OCH3 is 1. The minimum Gasteiger partial charge on any atom is -0.493 e. The van der Waals surface area contributed by atoms with Gasteiger partial charge in [-0.15, -0.1) is 11.3 Å². The molecule has 2 heterocycles. The monoisotopic (exact) mass is 446 g/mol. The van der Waals surface area contributed by atoms with Crippen LogP contribution in [-0.4, -0.2) is 80.4 Å². The van der Waals surface area contributed by atoms with Crippen LogP contribution in [0.15, 0.2) is 30.3 Å². The Morgan fingerprint density at radius 2 is 1.84 bits per heavy atom. The van der Waals surface area contributed by atoms with Crippen LogP contribution in [0, 0.1) is 0 Å².